The maximum absolute atomic E-state index is 12.2. The van der Waals surface area contributed by atoms with Crippen molar-refractivity contribution in [3.63, 3.8) is 0 Å². The highest BCUT2D eigenvalue weighted by Crippen LogP contribution is 2.14. The third-order valence-corrected chi connectivity index (χ3v) is 3.24. The van der Waals surface area contributed by atoms with Crippen LogP contribution in [0.15, 0.2) is 47.4 Å². The third-order valence-electron chi connectivity index (χ3n) is 3.24. The molecule has 0 radical (unpaired) electrons. The molecular weight excluding hydrogens is 266 g/mol. The van der Waals surface area contributed by atoms with E-state index in [1.165, 1.54) is 12.3 Å². The number of carbonyl (C=O) groups is 1. The molecule has 0 atom stereocenters. The third kappa shape index (κ3) is 3.72. The number of amides is 1. The van der Waals surface area contributed by atoms with Gasteiger partial charge in [-0.1, -0.05) is 12.1 Å². The van der Waals surface area contributed by atoms with Gasteiger partial charge < -0.3 is 14.8 Å². The van der Waals surface area contributed by atoms with Crippen molar-refractivity contribution in [2.45, 2.75) is 6.54 Å². The van der Waals surface area contributed by atoms with Crippen molar-refractivity contribution < 1.29 is 4.79 Å². The zero-order valence-corrected chi connectivity index (χ0v) is 12.5. The maximum Gasteiger partial charge on any atom is 0.254 e. The summed E-state index contributed by atoms with van der Waals surface area (Å²) in [6, 6.07) is 10.9. The minimum atomic E-state index is -0.274. The Labute approximate surface area is 123 Å². The van der Waals surface area contributed by atoms with Crippen molar-refractivity contribution in [2.75, 3.05) is 26.0 Å². The molecule has 0 aliphatic rings. The zero-order chi connectivity index (χ0) is 15.4. The van der Waals surface area contributed by atoms with Crippen molar-refractivity contribution in [1.29, 1.82) is 0 Å². The number of carbonyl (C=O) groups excluding carboxylic acids is 1. The summed E-state index contributed by atoms with van der Waals surface area (Å²) >= 11 is 0. The van der Waals surface area contributed by atoms with Crippen molar-refractivity contribution in [3.8, 4) is 0 Å². The summed E-state index contributed by atoms with van der Waals surface area (Å²) in [5.74, 6) is -0.169. The number of aromatic amines is 1. The molecule has 0 saturated carbocycles. The monoisotopic (exact) mass is 285 g/mol. The minimum Gasteiger partial charge on any atom is -0.378 e. The van der Waals surface area contributed by atoms with Crippen molar-refractivity contribution in [3.05, 3.63) is 64.1 Å². The average molecular weight is 285 g/mol. The molecule has 0 spiro atoms. The second-order valence-electron chi connectivity index (χ2n) is 5.16. The van der Waals surface area contributed by atoms with Crippen molar-refractivity contribution in [2.24, 2.45) is 0 Å². The summed E-state index contributed by atoms with van der Waals surface area (Å²) in [5.41, 5.74) is 2.28. The number of aromatic nitrogens is 1. The van der Waals surface area contributed by atoms with Gasteiger partial charge in [-0.3, -0.25) is 9.59 Å². The Hall–Kier alpha value is -2.56. The Morgan fingerprint density at radius 2 is 1.76 bits per heavy atom. The number of rotatable bonds is 4. The molecule has 1 amide bonds. The zero-order valence-electron chi connectivity index (χ0n) is 12.5. The maximum atomic E-state index is 12.2. The van der Waals surface area contributed by atoms with Gasteiger partial charge >= 0.3 is 0 Å². The number of H-pyrrole nitrogens is 1. The highest BCUT2D eigenvalue weighted by Gasteiger charge is 2.12. The molecule has 2 aromatic rings. The summed E-state index contributed by atoms with van der Waals surface area (Å²) in [4.78, 5) is 29.6. The molecule has 1 heterocycles. The van der Waals surface area contributed by atoms with Crippen LogP contribution in [0.3, 0.4) is 0 Å². The fraction of sp³-hybridized carbons (Fsp3) is 0.250. The van der Waals surface area contributed by atoms with Gasteiger partial charge in [-0.15, -0.1) is 0 Å². The van der Waals surface area contributed by atoms with Gasteiger partial charge in [-0.25, -0.2) is 0 Å². The topological polar surface area (TPSA) is 56.4 Å². The van der Waals surface area contributed by atoms with Crippen LogP contribution in [-0.2, 0) is 6.54 Å². The molecule has 21 heavy (non-hydrogen) atoms. The van der Waals surface area contributed by atoms with Crippen LogP contribution in [0.4, 0.5) is 5.69 Å². The van der Waals surface area contributed by atoms with Gasteiger partial charge in [0.05, 0.1) is 0 Å². The highest BCUT2D eigenvalue weighted by atomic mass is 16.2. The number of nitrogens with zero attached hydrogens (tertiary/aromatic N) is 2. The van der Waals surface area contributed by atoms with E-state index in [-0.39, 0.29) is 11.5 Å². The first-order valence-corrected chi connectivity index (χ1v) is 6.68. The Morgan fingerprint density at radius 3 is 2.33 bits per heavy atom. The summed E-state index contributed by atoms with van der Waals surface area (Å²) < 4.78 is 0. The van der Waals surface area contributed by atoms with E-state index < -0.39 is 0 Å². The van der Waals surface area contributed by atoms with E-state index in [4.69, 9.17) is 0 Å². The van der Waals surface area contributed by atoms with Gasteiger partial charge in [-0.05, 0) is 23.8 Å². The van der Waals surface area contributed by atoms with Gasteiger partial charge in [0.15, 0.2) is 0 Å². The standard InChI is InChI=1S/C16H19N3O2/c1-18(2)14-6-4-12(5-7-14)11-19(3)16(21)13-8-9-17-15(20)10-13/h4-10H,11H2,1-3H3,(H,17,20). The number of anilines is 1. The van der Waals surface area contributed by atoms with Crippen LogP contribution in [0.2, 0.25) is 0 Å². The Morgan fingerprint density at radius 1 is 1.10 bits per heavy atom. The predicted molar refractivity (Wildman–Crippen MR) is 83.6 cm³/mol. The lowest BCUT2D eigenvalue weighted by Gasteiger charge is -2.18. The van der Waals surface area contributed by atoms with Crippen LogP contribution in [0.25, 0.3) is 0 Å². The quantitative estimate of drug-likeness (QED) is 0.930. The molecule has 5 nitrogen and oxygen atoms in total. The van der Waals surface area contributed by atoms with Gasteiger partial charge in [0, 0.05) is 51.2 Å². The second-order valence-corrected chi connectivity index (χ2v) is 5.16. The van der Waals surface area contributed by atoms with Crippen molar-refractivity contribution >= 4 is 11.6 Å². The molecule has 1 aromatic heterocycles. The van der Waals surface area contributed by atoms with E-state index in [9.17, 15) is 9.59 Å². The van der Waals surface area contributed by atoms with Crippen LogP contribution < -0.4 is 10.5 Å². The lowest BCUT2D eigenvalue weighted by molar-refractivity contribution is 0.0785. The molecule has 2 rings (SSSR count). The van der Waals surface area contributed by atoms with E-state index >= 15 is 0 Å². The van der Waals surface area contributed by atoms with E-state index in [0.29, 0.717) is 12.1 Å². The molecular formula is C16H19N3O2. The smallest absolute Gasteiger partial charge is 0.254 e. The first kappa shape index (κ1) is 14.8. The highest BCUT2D eigenvalue weighted by molar-refractivity contribution is 5.93. The number of hydrogen-bond acceptors (Lipinski definition) is 3. The van der Waals surface area contributed by atoms with E-state index in [2.05, 4.69) is 4.98 Å². The van der Waals surface area contributed by atoms with Gasteiger partial charge in [-0.2, -0.15) is 0 Å². The molecule has 5 heteroatoms. The van der Waals surface area contributed by atoms with Crippen LogP contribution in [-0.4, -0.2) is 36.9 Å². The van der Waals surface area contributed by atoms with Gasteiger partial charge in [0.2, 0.25) is 5.56 Å². The molecule has 0 aliphatic heterocycles. The van der Waals surface area contributed by atoms with Crippen LogP contribution in [0, 0.1) is 0 Å². The molecule has 0 fully saturated rings. The molecule has 0 bridgehead atoms. The van der Waals surface area contributed by atoms with Crippen molar-refractivity contribution in [1.82, 2.24) is 9.88 Å². The molecule has 0 saturated heterocycles. The normalized spacial score (nSPS) is 10.2. The number of nitrogens with one attached hydrogen (secondary N) is 1. The molecule has 0 unspecified atom stereocenters. The van der Waals surface area contributed by atoms with Gasteiger partial charge in [0.25, 0.3) is 5.91 Å². The predicted octanol–water partition coefficient (Wildman–Crippen LogP) is 1.71. The van der Waals surface area contributed by atoms with Crippen LogP contribution >= 0.6 is 0 Å². The van der Waals surface area contributed by atoms with Crippen LogP contribution in [0.5, 0.6) is 0 Å². The lowest BCUT2D eigenvalue weighted by atomic mass is 10.1. The fourth-order valence-corrected chi connectivity index (χ4v) is 2.04. The Bertz CT molecular complexity index is 674. The largest absolute Gasteiger partial charge is 0.378 e. The number of benzene rings is 1. The fourth-order valence-electron chi connectivity index (χ4n) is 2.04. The minimum absolute atomic E-state index is 0.169. The average Bonchev–Trinajstić information content (AvgIpc) is 2.47. The number of hydrogen-bond donors (Lipinski definition) is 1. The second kappa shape index (κ2) is 6.26. The molecule has 0 aliphatic carbocycles. The van der Waals surface area contributed by atoms with Gasteiger partial charge in [0.1, 0.15) is 0 Å². The summed E-state index contributed by atoms with van der Waals surface area (Å²) in [6.45, 7) is 0.499. The van der Waals surface area contributed by atoms with E-state index in [1.807, 2.05) is 43.3 Å². The SMILES string of the molecule is CN(Cc1ccc(N(C)C)cc1)C(=O)c1cc[nH]c(=O)c1. The number of pyridine rings is 1. The summed E-state index contributed by atoms with van der Waals surface area (Å²) in [6.07, 6.45) is 1.48. The molecule has 110 valence electrons. The first-order valence-electron chi connectivity index (χ1n) is 6.68. The first-order chi connectivity index (χ1) is 9.97. The Balaban J connectivity index is 2.08. The summed E-state index contributed by atoms with van der Waals surface area (Å²) in [5, 5.41) is 0. The van der Waals surface area contributed by atoms with Crippen LogP contribution in [0.1, 0.15) is 15.9 Å². The molecule has 1 aromatic carbocycles. The Kier molecular flexibility index (Phi) is 4.42. The summed E-state index contributed by atoms with van der Waals surface area (Å²) in [7, 11) is 5.69. The lowest BCUT2D eigenvalue weighted by Crippen LogP contribution is -2.27. The molecule has 1 N–H and O–H groups in total. The van der Waals surface area contributed by atoms with E-state index in [1.54, 1.807) is 18.0 Å². The van der Waals surface area contributed by atoms with E-state index in [0.717, 1.165) is 11.3 Å².